The molecular weight excluding hydrogens is 402 g/mol. The highest BCUT2D eigenvalue weighted by molar-refractivity contribution is 7.15. The van der Waals surface area contributed by atoms with Gasteiger partial charge in [0.05, 0.1) is 13.2 Å². The Hall–Kier alpha value is -1.58. The third-order valence-corrected chi connectivity index (χ3v) is 7.28. The molecule has 1 unspecified atom stereocenters. The number of likely N-dealkylation sites (tertiary alicyclic amines) is 2. The van der Waals surface area contributed by atoms with Crippen LogP contribution in [0.2, 0.25) is 0 Å². The van der Waals surface area contributed by atoms with Crippen molar-refractivity contribution in [2.75, 3.05) is 51.8 Å². The second-order valence-corrected chi connectivity index (χ2v) is 9.69. The number of piperidine rings is 1. The zero-order chi connectivity index (χ0) is 21.5. The summed E-state index contributed by atoms with van der Waals surface area (Å²) in [5, 5.41) is 12.5. The van der Waals surface area contributed by atoms with Crippen LogP contribution in [-0.2, 0) is 14.3 Å². The number of carbonyl (C=O) groups is 2. The van der Waals surface area contributed by atoms with Crippen LogP contribution in [0.25, 0.3) is 0 Å². The fraction of sp³-hybridized carbons (Fsp3) is 0.810. The largest absolute Gasteiger partial charge is 0.383 e. The van der Waals surface area contributed by atoms with Crippen LogP contribution in [0.4, 0.5) is 5.13 Å². The maximum Gasteiger partial charge on any atom is 0.240 e. The zero-order valence-electron chi connectivity index (χ0n) is 18.4. The average Bonchev–Trinajstić information content (AvgIpc) is 3.11. The topological polar surface area (TPSA) is 87.7 Å². The van der Waals surface area contributed by atoms with Gasteiger partial charge in [0, 0.05) is 32.0 Å². The normalized spacial score (nSPS) is 21.8. The minimum absolute atomic E-state index is 0.0452. The predicted molar refractivity (Wildman–Crippen MR) is 118 cm³/mol. The molecule has 8 nitrogen and oxygen atoms in total. The lowest BCUT2D eigenvalue weighted by Crippen LogP contribution is -2.44. The van der Waals surface area contributed by atoms with E-state index >= 15 is 0 Å². The Balaban J connectivity index is 1.46. The molecule has 0 bridgehead atoms. The molecule has 3 heterocycles. The number of methoxy groups -OCH3 is 1. The van der Waals surface area contributed by atoms with Crippen molar-refractivity contribution in [3.8, 4) is 0 Å². The molecule has 9 heteroatoms. The second kappa shape index (κ2) is 11.2. The summed E-state index contributed by atoms with van der Waals surface area (Å²) in [7, 11) is 1.68. The Bertz CT molecular complexity index is 703. The van der Waals surface area contributed by atoms with Gasteiger partial charge in [0.2, 0.25) is 16.9 Å². The van der Waals surface area contributed by atoms with Crippen LogP contribution >= 0.6 is 11.3 Å². The van der Waals surface area contributed by atoms with Crippen molar-refractivity contribution in [2.45, 2.75) is 51.9 Å². The first-order chi connectivity index (χ1) is 14.5. The summed E-state index contributed by atoms with van der Waals surface area (Å²) < 4.78 is 5.17. The molecule has 2 saturated heterocycles. The van der Waals surface area contributed by atoms with Gasteiger partial charge < -0.3 is 9.64 Å². The number of rotatable bonds is 8. The summed E-state index contributed by atoms with van der Waals surface area (Å²) in [5.74, 6) is 1.10. The number of amides is 2. The van der Waals surface area contributed by atoms with Gasteiger partial charge in [0.25, 0.3) is 0 Å². The molecule has 1 aromatic rings. The smallest absolute Gasteiger partial charge is 0.240 e. The Morgan fingerprint density at radius 3 is 2.63 bits per heavy atom. The Morgan fingerprint density at radius 2 is 1.97 bits per heavy atom. The van der Waals surface area contributed by atoms with E-state index in [1.54, 1.807) is 7.11 Å². The summed E-state index contributed by atoms with van der Waals surface area (Å²) in [6.07, 6.45) is 5.12. The van der Waals surface area contributed by atoms with Crippen LogP contribution in [0.15, 0.2) is 0 Å². The van der Waals surface area contributed by atoms with Gasteiger partial charge in [-0.2, -0.15) is 0 Å². The quantitative estimate of drug-likeness (QED) is 0.673. The summed E-state index contributed by atoms with van der Waals surface area (Å²) >= 11 is 1.43. The van der Waals surface area contributed by atoms with Crippen LogP contribution < -0.4 is 5.32 Å². The molecule has 0 spiro atoms. The van der Waals surface area contributed by atoms with Gasteiger partial charge in [0.15, 0.2) is 0 Å². The molecular formula is C21H35N5O3S. The first-order valence-corrected chi connectivity index (χ1v) is 11.9. The van der Waals surface area contributed by atoms with Crippen molar-refractivity contribution in [3.63, 3.8) is 0 Å². The lowest BCUT2D eigenvalue weighted by atomic mass is 9.81. The predicted octanol–water partition coefficient (Wildman–Crippen LogP) is 2.59. The maximum absolute atomic E-state index is 13.0. The van der Waals surface area contributed by atoms with Crippen LogP contribution in [0.3, 0.4) is 0 Å². The van der Waals surface area contributed by atoms with Crippen molar-refractivity contribution in [3.05, 3.63) is 5.01 Å². The number of nitrogens with one attached hydrogen (secondary N) is 1. The molecule has 0 saturated carbocycles. The van der Waals surface area contributed by atoms with Crippen LogP contribution in [0, 0.1) is 11.8 Å². The van der Waals surface area contributed by atoms with Gasteiger partial charge in [-0.3, -0.25) is 19.8 Å². The zero-order valence-corrected chi connectivity index (χ0v) is 19.2. The Kier molecular flexibility index (Phi) is 8.59. The second-order valence-electron chi connectivity index (χ2n) is 8.68. The van der Waals surface area contributed by atoms with Crippen LogP contribution in [0.1, 0.15) is 56.9 Å². The Labute approximate surface area is 183 Å². The molecule has 168 valence electrons. The minimum Gasteiger partial charge on any atom is -0.383 e. The number of hydrogen-bond donors (Lipinski definition) is 1. The molecule has 3 rings (SSSR count). The number of aromatic nitrogens is 2. The highest BCUT2D eigenvalue weighted by Gasteiger charge is 2.35. The van der Waals surface area contributed by atoms with Crippen LogP contribution in [0.5, 0.6) is 0 Å². The van der Waals surface area contributed by atoms with Gasteiger partial charge in [-0.25, -0.2) is 0 Å². The molecule has 2 fully saturated rings. The number of ether oxygens (including phenoxy) is 1. The van der Waals surface area contributed by atoms with Crippen molar-refractivity contribution in [1.29, 1.82) is 0 Å². The van der Waals surface area contributed by atoms with Crippen molar-refractivity contribution in [1.82, 2.24) is 20.0 Å². The third kappa shape index (κ3) is 6.21. The summed E-state index contributed by atoms with van der Waals surface area (Å²) in [6, 6.07) is 0. The number of carbonyl (C=O) groups excluding carboxylic acids is 2. The molecule has 2 aliphatic rings. The number of nitrogens with zero attached hydrogens (tertiary/aromatic N) is 4. The third-order valence-electron chi connectivity index (χ3n) is 6.14. The van der Waals surface area contributed by atoms with Crippen molar-refractivity contribution in [2.24, 2.45) is 11.8 Å². The Morgan fingerprint density at radius 1 is 1.20 bits per heavy atom. The van der Waals surface area contributed by atoms with Gasteiger partial charge in [-0.1, -0.05) is 31.6 Å². The molecule has 0 aliphatic carbocycles. The van der Waals surface area contributed by atoms with E-state index < -0.39 is 0 Å². The summed E-state index contributed by atoms with van der Waals surface area (Å²) in [4.78, 5) is 29.6. The van der Waals surface area contributed by atoms with Gasteiger partial charge >= 0.3 is 0 Å². The number of anilines is 1. The SMILES string of the molecule is COCCN1CCCCC(C2CCN(CC(=O)Nc3nnc(C(C)C)s3)CC2)C1=O. The van der Waals surface area contributed by atoms with Gasteiger partial charge in [-0.05, 0) is 44.7 Å². The first kappa shape index (κ1) is 23.1. The molecule has 1 aromatic heterocycles. The van der Waals surface area contributed by atoms with E-state index in [4.69, 9.17) is 4.74 Å². The van der Waals surface area contributed by atoms with Crippen LogP contribution in [-0.4, -0.2) is 78.3 Å². The standard InChI is InChI=1S/C21H35N5O3S/c1-15(2)19-23-24-21(30-19)22-18(27)14-25-10-7-16(8-11-25)17-6-4-5-9-26(20(17)28)12-13-29-3/h15-17H,4-14H2,1-3H3,(H,22,24,27). The van der Waals surface area contributed by atoms with E-state index in [1.807, 2.05) is 4.90 Å². The van der Waals surface area contributed by atoms with E-state index in [2.05, 4.69) is 34.3 Å². The van der Waals surface area contributed by atoms with Gasteiger partial charge in [0.1, 0.15) is 5.01 Å². The maximum atomic E-state index is 13.0. The summed E-state index contributed by atoms with van der Waals surface area (Å²) in [5.41, 5.74) is 0. The van der Waals surface area contributed by atoms with E-state index in [1.165, 1.54) is 11.3 Å². The first-order valence-electron chi connectivity index (χ1n) is 11.1. The molecule has 0 radical (unpaired) electrons. The molecule has 30 heavy (non-hydrogen) atoms. The average molecular weight is 438 g/mol. The van der Waals surface area contributed by atoms with Crippen molar-refractivity contribution >= 4 is 28.3 Å². The monoisotopic (exact) mass is 437 g/mol. The van der Waals surface area contributed by atoms with E-state index in [9.17, 15) is 9.59 Å². The molecule has 0 aromatic carbocycles. The van der Waals surface area contributed by atoms with E-state index in [0.717, 1.165) is 56.7 Å². The minimum atomic E-state index is -0.0452. The fourth-order valence-electron chi connectivity index (χ4n) is 4.39. The molecule has 1 atom stereocenters. The molecule has 1 N–H and O–H groups in total. The summed E-state index contributed by atoms with van der Waals surface area (Å²) in [6.45, 7) is 8.33. The lowest BCUT2D eigenvalue weighted by Gasteiger charge is -2.36. The number of hydrogen-bond acceptors (Lipinski definition) is 7. The highest BCUT2D eigenvalue weighted by Crippen LogP contribution is 2.32. The van der Waals surface area contributed by atoms with Gasteiger partial charge in [-0.15, -0.1) is 10.2 Å². The highest BCUT2D eigenvalue weighted by atomic mass is 32.1. The van der Waals surface area contributed by atoms with E-state index in [0.29, 0.717) is 42.6 Å². The van der Waals surface area contributed by atoms with E-state index in [-0.39, 0.29) is 11.8 Å². The molecule has 2 amide bonds. The molecule has 2 aliphatic heterocycles. The fourth-order valence-corrected chi connectivity index (χ4v) is 5.15. The lowest BCUT2D eigenvalue weighted by molar-refractivity contribution is -0.138. The van der Waals surface area contributed by atoms with Crippen molar-refractivity contribution < 1.29 is 14.3 Å².